The van der Waals surface area contributed by atoms with E-state index in [-0.39, 0.29) is 12.1 Å². The Kier molecular flexibility index (Phi) is 8.42. The average Bonchev–Trinajstić information content (AvgIpc) is 2.88. The number of ether oxygens (including phenoxy) is 1. The van der Waals surface area contributed by atoms with Gasteiger partial charge in [-0.25, -0.2) is 9.59 Å². The highest BCUT2D eigenvalue weighted by atomic mass is 19.4. The lowest BCUT2D eigenvalue weighted by molar-refractivity contribution is -0.192. The van der Waals surface area contributed by atoms with Gasteiger partial charge in [-0.15, -0.1) is 0 Å². The van der Waals surface area contributed by atoms with E-state index in [2.05, 4.69) is 16.0 Å². The molecule has 2 fully saturated rings. The number of aromatic nitrogens is 1. The van der Waals surface area contributed by atoms with Gasteiger partial charge in [-0.3, -0.25) is 9.88 Å². The van der Waals surface area contributed by atoms with Gasteiger partial charge in [-0.2, -0.15) is 13.2 Å². The predicted molar refractivity (Wildman–Crippen MR) is 102 cm³/mol. The molecule has 0 radical (unpaired) electrons. The molecule has 2 aliphatic rings. The maximum absolute atomic E-state index is 12.1. The molecule has 0 aliphatic carbocycles. The van der Waals surface area contributed by atoms with Gasteiger partial charge in [-0.05, 0) is 18.1 Å². The molecule has 30 heavy (non-hydrogen) atoms. The van der Waals surface area contributed by atoms with Crippen LogP contribution in [0.3, 0.4) is 0 Å². The zero-order valence-electron chi connectivity index (χ0n) is 17.0. The lowest BCUT2D eigenvalue weighted by Gasteiger charge is -2.38. The van der Waals surface area contributed by atoms with Crippen molar-refractivity contribution in [3.05, 3.63) is 30.1 Å². The van der Waals surface area contributed by atoms with Gasteiger partial charge in [0.25, 0.3) is 0 Å². The van der Waals surface area contributed by atoms with Crippen LogP contribution in [0.4, 0.5) is 18.0 Å². The van der Waals surface area contributed by atoms with Crippen molar-refractivity contribution in [3.8, 4) is 0 Å². The van der Waals surface area contributed by atoms with Crippen molar-refractivity contribution in [1.29, 1.82) is 0 Å². The van der Waals surface area contributed by atoms with Crippen molar-refractivity contribution in [2.24, 2.45) is 5.92 Å². The Labute approximate surface area is 173 Å². The topological polar surface area (TPSA) is 86.2 Å². The standard InChI is InChI=1S/C17H26N4O2.C2HF3O2/c1-19(2)17(22)21-7-5-15-12-20(8-9-23-16(15)13-21)11-14-4-3-6-18-10-14;3-2(4,5)1(6)7/h3-4,6,10,15-16H,5,7-9,11-13H2,1-2H3;(H,6,7)/t15-,16-;/m1./s1. The fraction of sp³-hybridized carbons (Fsp3) is 0.632. The summed E-state index contributed by atoms with van der Waals surface area (Å²) in [7, 11) is 3.61. The van der Waals surface area contributed by atoms with E-state index >= 15 is 0 Å². The molecule has 0 saturated carbocycles. The number of carboxylic acid groups (broad SMARTS) is 1. The first kappa shape index (κ1) is 23.9. The summed E-state index contributed by atoms with van der Waals surface area (Å²) in [5.74, 6) is -2.26. The predicted octanol–water partition coefficient (Wildman–Crippen LogP) is 1.92. The van der Waals surface area contributed by atoms with Crippen LogP contribution in [0.1, 0.15) is 12.0 Å². The Morgan fingerprint density at radius 2 is 2.00 bits per heavy atom. The van der Waals surface area contributed by atoms with Gasteiger partial charge in [-0.1, -0.05) is 6.07 Å². The number of amides is 2. The molecule has 3 rings (SSSR count). The third kappa shape index (κ3) is 7.13. The minimum absolute atomic E-state index is 0.0866. The van der Waals surface area contributed by atoms with Crippen LogP contribution in [0.5, 0.6) is 0 Å². The van der Waals surface area contributed by atoms with Crippen molar-refractivity contribution >= 4 is 12.0 Å². The smallest absolute Gasteiger partial charge is 0.475 e. The number of rotatable bonds is 2. The molecule has 11 heteroatoms. The second-order valence-corrected chi connectivity index (χ2v) is 7.48. The third-order valence-electron chi connectivity index (χ3n) is 4.95. The molecule has 2 saturated heterocycles. The molecule has 168 valence electrons. The molecule has 3 heterocycles. The second kappa shape index (κ2) is 10.6. The van der Waals surface area contributed by atoms with E-state index in [0.717, 1.165) is 39.2 Å². The Morgan fingerprint density at radius 3 is 2.57 bits per heavy atom. The number of carbonyl (C=O) groups is 2. The average molecular weight is 432 g/mol. The number of pyridine rings is 1. The van der Waals surface area contributed by atoms with Crippen LogP contribution in [0.25, 0.3) is 0 Å². The number of hydrogen-bond acceptors (Lipinski definition) is 5. The van der Waals surface area contributed by atoms with Crippen molar-refractivity contribution in [3.63, 3.8) is 0 Å². The summed E-state index contributed by atoms with van der Waals surface area (Å²) in [6.45, 7) is 5.14. The first-order chi connectivity index (χ1) is 14.1. The molecule has 2 atom stereocenters. The number of carboxylic acids is 1. The highest BCUT2D eigenvalue weighted by molar-refractivity contribution is 5.74. The Morgan fingerprint density at radius 1 is 1.30 bits per heavy atom. The maximum Gasteiger partial charge on any atom is 0.490 e. The van der Waals surface area contributed by atoms with E-state index in [4.69, 9.17) is 14.6 Å². The van der Waals surface area contributed by atoms with Crippen molar-refractivity contribution in [2.45, 2.75) is 25.2 Å². The Balaban J connectivity index is 0.000000396. The van der Waals surface area contributed by atoms with Gasteiger partial charge >= 0.3 is 18.2 Å². The summed E-state index contributed by atoms with van der Waals surface area (Å²) >= 11 is 0. The Bertz CT molecular complexity index is 703. The van der Waals surface area contributed by atoms with Crippen LogP contribution in [0, 0.1) is 5.92 Å². The highest BCUT2D eigenvalue weighted by Gasteiger charge is 2.38. The van der Waals surface area contributed by atoms with E-state index in [1.165, 1.54) is 5.56 Å². The van der Waals surface area contributed by atoms with E-state index in [9.17, 15) is 18.0 Å². The summed E-state index contributed by atoms with van der Waals surface area (Å²) in [5.41, 5.74) is 1.24. The van der Waals surface area contributed by atoms with Gasteiger partial charge in [0.05, 0.1) is 12.7 Å². The molecule has 2 aliphatic heterocycles. The van der Waals surface area contributed by atoms with Crippen LogP contribution in [-0.4, -0.2) is 96.0 Å². The normalized spacial score (nSPS) is 22.2. The molecule has 8 nitrogen and oxygen atoms in total. The van der Waals surface area contributed by atoms with Gasteiger partial charge < -0.3 is 19.6 Å². The zero-order valence-corrected chi connectivity index (χ0v) is 17.0. The number of alkyl halides is 3. The number of halogens is 3. The lowest BCUT2D eigenvalue weighted by atomic mass is 9.93. The fourth-order valence-corrected chi connectivity index (χ4v) is 3.47. The maximum atomic E-state index is 12.1. The van der Waals surface area contributed by atoms with E-state index in [1.54, 1.807) is 19.0 Å². The van der Waals surface area contributed by atoms with E-state index in [1.807, 2.05) is 23.4 Å². The van der Waals surface area contributed by atoms with Gasteiger partial charge in [0.1, 0.15) is 0 Å². The van der Waals surface area contributed by atoms with Crippen LogP contribution >= 0.6 is 0 Å². The molecule has 1 aromatic heterocycles. The molecular weight excluding hydrogens is 405 g/mol. The van der Waals surface area contributed by atoms with Crippen LogP contribution < -0.4 is 0 Å². The monoisotopic (exact) mass is 432 g/mol. The van der Waals surface area contributed by atoms with Crippen molar-refractivity contribution < 1.29 is 32.6 Å². The largest absolute Gasteiger partial charge is 0.490 e. The minimum Gasteiger partial charge on any atom is -0.475 e. The molecule has 0 aromatic carbocycles. The number of aliphatic carboxylic acids is 1. The molecular formula is C19H27F3N4O4. The summed E-state index contributed by atoms with van der Waals surface area (Å²) in [6, 6.07) is 4.19. The summed E-state index contributed by atoms with van der Waals surface area (Å²) in [4.78, 5) is 31.2. The number of hydrogen-bond donors (Lipinski definition) is 1. The van der Waals surface area contributed by atoms with E-state index in [0.29, 0.717) is 12.5 Å². The number of piperidine rings is 1. The Hall–Kier alpha value is -2.40. The SMILES string of the molecule is CN(C)C(=O)N1CC[C@@H]2CN(Cc3cccnc3)CCO[C@@H]2C1.O=C(O)C(F)(F)F. The minimum atomic E-state index is -5.08. The molecule has 1 aromatic rings. The number of nitrogens with zero attached hydrogens (tertiary/aromatic N) is 4. The fourth-order valence-electron chi connectivity index (χ4n) is 3.47. The third-order valence-corrected chi connectivity index (χ3v) is 4.95. The summed E-state index contributed by atoms with van der Waals surface area (Å²) in [6.07, 6.45) is -0.177. The van der Waals surface area contributed by atoms with Crippen LogP contribution in [0.2, 0.25) is 0 Å². The molecule has 0 bridgehead atoms. The van der Waals surface area contributed by atoms with Gasteiger partial charge in [0, 0.05) is 65.1 Å². The summed E-state index contributed by atoms with van der Waals surface area (Å²) < 4.78 is 37.8. The summed E-state index contributed by atoms with van der Waals surface area (Å²) in [5, 5.41) is 7.12. The number of fused-ring (bicyclic) bond motifs is 1. The molecule has 1 N–H and O–H groups in total. The zero-order chi connectivity index (χ0) is 22.3. The van der Waals surface area contributed by atoms with Crippen LogP contribution in [-0.2, 0) is 16.1 Å². The molecule has 0 unspecified atom stereocenters. The lowest BCUT2D eigenvalue weighted by Crippen LogP contribution is -2.51. The number of carbonyl (C=O) groups excluding carboxylic acids is 1. The van der Waals surface area contributed by atoms with Crippen molar-refractivity contribution in [1.82, 2.24) is 19.7 Å². The first-order valence-corrected chi connectivity index (χ1v) is 9.57. The van der Waals surface area contributed by atoms with Crippen molar-refractivity contribution in [2.75, 3.05) is 46.9 Å². The first-order valence-electron chi connectivity index (χ1n) is 9.57. The molecule has 2 amide bonds. The van der Waals surface area contributed by atoms with Gasteiger partial charge in [0.15, 0.2) is 0 Å². The number of urea groups is 1. The van der Waals surface area contributed by atoms with Gasteiger partial charge in [0.2, 0.25) is 0 Å². The molecule has 0 spiro atoms. The quantitative estimate of drug-likeness (QED) is 0.769. The highest BCUT2D eigenvalue weighted by Crippen LogP contribution is 2.25. The van der Waals surface area contributed by atoms with Crippen LogP contribution in [0.15, 0.2) is 24.5 Å². The number of likely N-dealkylation sites (tertiary alicyclic amines) is 1. The second-order valence-electron chi connectivity index (χ2n) is 7.48. The van der Waals surface area contributed by atoms with E-state index < -0.39 is 12.1 Å².